The van der Waals surface area contributed by atoms with Gasteiger partial charge in [0.05, 0.1) is 11.7 Å². The van der Waals surface area contributed by atoms with Crippen molar-refractivity contribution in [1.82, 2.24) is 14.9 Å². The predicted molar refractivity (Wildman–Crippen MR) is 91.7 cm³/mol. The number of piperidine rings is 1. The molecular weight excluding hydrogens is 311 g/mol. The number of nitrogens with zero attached hydrogens (tertiary/aromatic N) is 4. The number of nitrogens with one attached hydrogen (secondary N) is 1. The highest BCUT2D eigenvalue weighted by Crippen LogP contribution is 2.27. The molecular formula is C16H21FN6O. The number of nitrogens with two attached hydrogens (primary N) is 1. The lowest BCUT2D eigenvalue weighted by atomic mass is 10.1. The van der Waals surface area contributed by atoms with Crippen LogP contribution in [0.3, 0.4) is 0 Å². The third-order valence-corrected chi connectivity index (χ3v) is 4.19. The van der Waals surface area contributed by atoms with Crippen molar-refractivity contribution in [2.75, 3.05) is 25.5 Å². The molecule has 2 heterocycles. The number of guanidine groups is 1. The van der Waals surface area contributed by atoms with E-state index in [1.165, 1.54) is 6.07 Å². The Morgan fingerprint density at radius 1 is 1.38 bits per heavy atom. The lowest BCUT2D eigenvalue weighted by Crippen LogP contribution is -2.34. The number of anilines is 1. The molecule has 1 aliphatic heterocycles. The van der Waals surface area contributed by atoms with E-state index in [9.17, 15) is 9.50 Å². The molecule has 0 radical (unpaired) electrons. The van der Waals surface area contributed by atoms with Crippen LogP contribution in [0.5, 0.6) is 5.75 Å². The number of hydrogen-bond acceptors (Lipinski definition) is 5. The van der Waals surface area contributed by atoms with Gasteiger partial charge in [0.15, 0.2) is 5.96 Å². The Labute approximate surface area is 139 Å². The number of likely N-dealkylation sites (tertiary alicyclic amines) is 1. The Hall–Kier alpha value is -2.48. The number of aromatic nitrogens is 2. The molecule has 0 bridgehead atoms. The lowest BCUT2D eigenvalue weighted by Gasteiger charge is -2.26. The van der Waals surface area contributed by atoms with Crippen LogP contribution in [0.4, 0.5) is 10.3 Å². The summed E-state index contributed by atoms with van der Waals surface area (Å²) < 4.78 is 13.4. The van der Waals surface area contributed by atoms with Gasteiger partial charge in [0.1, 0.15) is 17.1 Å². The molecule has 7 nitrogen and oxygen atoms in total. The molecule has 0 amide bonds. The second-order valence-corrected chi connectivity index (χ2v) is 6.13. The van der Waals surface area contributed by atoms with E-state index >= 15 is 0 Å². The van der Waals surface area contributed by atoms with Gasteiger partial charge in [-0.2, -0.15) is 0 Å². The normalized spacial score (nSPS) is 17.4. The van der Waals surface area contributed by atoms with Crippen molar-refractivity contribution in [2.24, 2.45) is 10.7 Å². The fraction of sp³-hybridized carbons (Fsp3) is 0.438. The molecule has 1 aliphatic rings. The first-order valence-corrected chi connectivity index (χ1v) is 7.88. The summed E-state index contributed by atoms with van der Waals surface area (Å²) in [5.41, 5.74) is 6.77. The maximum Gasteiger partial charge on any atom is 0.230 e. The van der Waals surface area contributed by atoms with Gasteiger partial charge in [-0.25, -0.2) is 19.4 Å². The van der Waals surface area contributed by atoms with E-state index in [0.29, 0.717) is 11.1 Å². The number of halogens is 1. The molecule has 128 valence electrons. The van der Waals surface area contributed by atoms with E-state index < -0.39 is 5.82 Å². The van der Waals surface area contributed by atoms with Crippen LogP contribution >= 0.6 is 0 Å². The zero-order chi connectivity index (χ0) is 17.3. The molecule has 0 saturated carbocycles. The topological polar surface area (TPSA) is 99.7 Å². The smallest absolute Gasteiger partial charge is 0.230 e. The van der Waals surface area contributed by atoms with Crippen molar-refractivity contribution < 1.29 is 9.50 Å². The molecule has 2 aromatic rings. The highest BCUT2D eigenvalue weighted by atomic mass is 19.1. The lowest BCUT2D eigenvalue weighted by molar-refractivity contribution is 0.257. The molecule has 0 unspecified atom stereocenters. The van der Waals surface area contributed by atoms with Crippen molar-refractivity contribution in [3.05, 3.63) is 23.6 Å². The van der Waals surface area contributed by atoms with Crippen molar-refractivity contribution in [3.8, 4) is 5.75 Å². The Bertz CT molecular complexity index is 786. The Kier molecular flexibility index (Phi) is 4.48. The molecule has 3 rings (SSSR count). The molecule has 24 heavy (non-hydrogen) atoms. The maximum atomic E-state index is 13.4. The second-order valence-electron chi connectivity index (χ2n) is 6.13. The first-order valence-electron chi connectivity index (χ1n) is 7.88. The van der Waals surface area contributed by atoms with E-state index in [2.05, 4.69) is 32.2 Å². The summed E-state index contributed by atoms with van der Waals surface area (Å²) >= 11 is 0. The minimum Gasteiger partial charge on any atom is -0.506 e. The Morgan fingerprint density at radius 2 is 2.08 bits per heavy atom. The summed E-state index contributed by atoms with van der Waals surface area (Å²) in [5, 5.41) is 13.2. The molecule has 1 fully saturated rings. The quantitative estimate of drug-likeness (QED) is 0.571. The summed E-state index contributed by atoms with van der Waals surface area (Å²) in [7, 11) is 2.09. The summed E-state index contributed by atoms with van der Waals surface area (Å²) in [5.74, 6) is -0.291. The van der Waals surface area contributed by atoms with Crippen LogP contribution in [0, 0.1) is 12.7 Å². The number of phenolic OH excluding ortho intramolecular Hbond substituents is 1. The molecule has 1 aromatic carbocycles. The van der Waals surface area contributed by atoms with Crippen LogP contribution in [-0.2, 0) is 0 Å². The summed E-state index contributed by atoms with van der Waals surface area (Å²) in [4.78, 5) is 15.2. The summed E-state index contributed by atoms with van der Waals surface area (Å²) in [6, 6.07) is 2.50. The van der Waals surface area contributed by atoms with Gasteiger partial charge in [0.2, 0.25) is 5.95 Å². The van der Waals surface area contributed by atoms with Crippen molar-refractivity contribution in [1.29, 1.82) is 0 Å². The zero-order valence-electron chi connectivity index (χ0n) is 13.8. The Balaban J connectivity index is 1.82. The van der Waals surface area contributed by atoms with Crippen LogP contribution in [0.1, 0.15) is 18.5 Å². The van der Waals surface area contributed by atoms with Crippen molar-refractivity contribution >= 4 is 22.8 Å². The van der Waals surface area contributed by atoms with Crippen LogP contribution < -0.4 is 11.1 Å². The highest BCUT2D eigenvalue weighted by molar-refractivity contribution is 5.93. The third-order valence-electron chi connectivity index (χ3n) is 4.19. The molecule has 4 N–H and O–H groups in total. The van der Waals surface area contributed by atoms with Gasteiger partial charge in [-0.15, -0.1) is 0 Å². The van der Waals surface area contributed by atoms with Gasteiger partial charge < -0.3 is 15.7 Å². The van der Waals surface area contributed by atoms with E-state index in [0.717, 1.165) is 32.0 Å². The molecule has 8 heteroatoms. The summed E-state index contributed by atoms with van der Waals surface area (Å²) in [6.07, 6.45) is 1.91. The van der Waals surface area contributed by atoms with E-state index in [1.807, 2.05) is 0 Å². The molecule has 1 saturated heterocycles. The van der Waals surface area contributed by atoms with E-state index in [1.54, 1.807) is 6.92 Å². The maximum absolute atomic E-state index is 13.4. The number of aliphatic imine (C=N–C) groups is 1. The van der Waals surface area contributed by atoms with Crippen LogP contribution in [0.15, 0.2) is 17.1 Å². The fourth-order valence-corrected chi connectivity index (χ4v) is 2.85. The van der Waals surface area contributed by atoms with Gasteiger partial charge in [-0.1, -0.05) is 0 Å². The van der Waals surface area contributed by atoms with Crippen LogP contribution in [0.2, 0.25) is 0 Å². The molecule has 0 spiro atoms. The van der Waals surface area contributed by atoms with Crippen molar-refractivity contribution in [3.63, 3.8) is 0 Å². The predicted octanol–water partition coefficient (Wildman–Crippen LogP) is 1.60. The minimum atomic E-state index is -0.532. The van der Waals surface area contributed by atoms with Gasteiger partial charge in [-0.3, -0.25) is 5.32 Å². The van der Waals surface area contributed by atoms with Gasteiger partial charge in [-0.05, 0) is 46.0 Å². The third kappa shape index (κ3) is 3.53. The number of phenols is 1. The first-order chi connectivity index (χ1) is 11.4. The largest absolute Gasteiger partial charge is 0.506 e. The monoisotopic (exact) mass is 332 g/mol. The fourth-order valence-electron chi connectivity index (χ4n) is 2.85. The van der Waals surface area contributed by atoms with Gasteiger partial charge >= 0.3 is 0 Å². The highest BCUT2D eigenvalue weighted by Gasteiger charge is 2.16. The second kappa shape index (κ2) is 6.56. The first kappa shape index (κ1) is 16.4. The van der Waals surface area contributed by atoms with Crippen LogP contribution in [-0.4, -0.2) is 52.1 Å². The standard InChI is InChI=1S/C16H21FN6O/c1-9-12-7-10(17)8-13(24)14(12)21-16(19-9)22-15(18)20-11-3-5-23(2)6-4-11/h7-8,11,24H,3-6H2,1-2H3,(H3,18,19,20,21,22). The number of fused-ring (bicyclic) bond motifs is 1. The minimum absolute atomic E-state index is 0.178. The number of aryl methyl sites for hydroxylation is 1. The SMILES string of the molecule is Cc1nc(NC(N)=NC2CCN(C)CC2)nc2c(O)cc(F)cc12. The average Bonchev–Trinajstić information content (AvgIpc) is 2.51. The Morgan fingerprint density at radius 3 is 2.79 bits per heavy atom. The number of hydrogen-bond donors (Lipinski definition) is 3. The van der Waals surface area contributed by atoms with E-state index in [-0.39, 0.29) is 29.2 Å². The van der Waals surface area contributed by atoms with Gasteiger partial charge in [0, 0.05) is 11.5 Å². The zero-order valence-corrected chi connectivity index (χ0v) is 13.8. The molecule has 0 atom stereocenters. The molecule has 0 aliphatic carbocycles. The number of benzene rings is 1. The number of rotatable bonds is 2. The van der Waals surface area contributed by atoms with Gasteiger partial charge in [0.25, 0.3) is 0 Å². The number of aromatic hydroxyl groups is 1. The average molecular weight is 332 g/mol. The molecule has 1 aromatic heterocycles. The van der Waals surface area contributed by atoms with E-state index in [4.69, 9.17) is 5.73 Å². The summed E-state index contributed by atoms with van der Waals surface area (Å²) in [6.45, 7) is 3.71. The van der Waals surface area contributed by atoms with Crippen molar-refractivity contribution in [2.45, 2.75) is 25.8 Å². The van der Waals surface area contributed by atoms with Crippen LogP contribution in [0.25, 0.3) is 10.9 Å².